The summed E-state index contributed by atoms with van der Waals surface area (Å²) >= 11 is 1.42. The minimum atomic E-state index is -4.78. The third-order valence-electron chi connectivity index (χ3n) is 7.42. The van der Waals surface area contributed by atoms with E-state index in [4.69, 9.17) is 4.98 Å². The van der Waals surface area contributed by atoms with Crippen LogP contribution in [0.2, 0.25) is 0 Å². The number of hydrogen-bond acceptors (Lipinski definition) is 11. The number of ether oxygens (including phenoxy) is 1. The second-order valence-corrected chi connectivity index (χ2v) is 11.4. The number of rotatable bonds is 9. The zero-order chi connectivity index (χ0) is 30.2. The van der Waals surface area contributed by atoms with Gasteiger partial charge >= 0.3 is 6.36 Å². The molecular formula is C28H31F3N6O4S. The van der Waals surface area contributed by atoms with Crippen LogP contribution >= 0.6 is 11.3 Å². The fourth-order valence-corrected chi connectivity index (χ4v) is 6.33. The van der Waals surface area contributed by atoms with Crippen molar-refractivity contribution in [3.8, 4) is 16.3 Å². The van der Waals surface area contributed by atoms with E-state index in [0.29, 0.717) is 34.7 Å². The van der Waals surface area contributed by atoms with Gasteiger partial charge in [0.2, 0.25) is 5.95 Å². The fourth-order valence-electron chi connectivity index (χ4n) is 5.22. The Balaban J connectivity index is 1.49. The van der Waals surface area contributed by atoms with Gasteiger partial charge in [0.05, 0.1) is 27.7 Å². The molecule has 1 aliphatic carbocycles. The van der Waals surface area contributed by atoms with Gasteiger partial charge in [-0.05, 0) is 69.7 Å². The summed E-state index contributed by atoms with van der Waals surface area (Å²) in [6.07, 6.45) is -3.14. The molecule has 1 aromatic carbocycles. The maximum atomic E-state index is 12.5. The lowest BCUT2D eigenvalue weighted by atomic mass is 10.00. The summed E-state index contributed by atoms with van der Waals surface area (Å²) in [5.41, 5.74) is 1.55. The Morgan fingerprint density at radius 3 is 2.52 bits per heavy atom. The van der Waals surface area contributed by atoms with Crippen LogP contribution in [0.4, 0.5) is 24.9 Å². The third-order valence-corrected chi connectivity index (χ3v) is 8.46. The number of aliphatic hydroxyl groups is 3. The molecule has 0 saturated heterocycles. The number of hydrogen-bond donors (Lipinski definition) is 5. The van der Waals surface area contributed by atoms with Gasteiger partial charge in [-0.25, -0.2) is 9.97 Å². The molecule has 4 atom stereocenters. The van der Waals surface area contributed by atoms with Crippen LogP contribution in [0, 0.1) is 19.8 Å². The number of anilines is 2. The van der Waals surface area contributed by atoms with Gasteiger partial charge in [-0.3, -0.25) is 4.98 Å². The molecule has 0 aliphatic heterocycles. The third kappa shape index (κ3) is 6.26. The van der Waals surface area contributed by atoms with E-state index >= 15 is 0 Å². The monoisotopic (exact) mass is 604 g/mol. The number of aliphatic hydroxyl groups excluding tert-OH is 2. The van der Waals surface area contributed by atoms with E-state index in [2.05, 4.69) is 30.3 Å². The van der Waals surface area contributed by atoms with Gasteiger partial charge in [0, 0.05) is 12.8 Å². The van der Waals surface area contributed by atoms with Gasteiger partial charge in [-0.1, -0.05) is 12.1 Å². The van der Waals surface area contributed by atoms with Crippen LogP contribution < -0.4 is 15.4 Å². The first-order valence-electron chi connectivity index (χ1n) is 13.4. The highest BCUT2D eigenvalue weighted by molar-refractivity contribution is 7.21. The molecule has 3 heterocycles. The zero-order valence-electron chi connectivity index (χ0n) is 23.1. The minimum Gasteiger partial charge on any atom is -0.406 e. The Bertz CT molecular complexity index is 1570. The van der Waals surface area contributed by atoms with Gasteiger partial charge in [-0.2, -0.15) is 4.98 Å². The average Bonchev–Trinajstić information content (AvgIpc) is 3.46. The van der Waals surface area contributed by atoms with Crippen LogP contribution in [0.5, 0.6) is 5.75 Å². The van der Waals surface area contributed by atoms with Crippen molar-refractivity contribution in [2.75, 3.05) is 17.2 Å². The number of benzene rings is 1. The van der Waals surface area contributed by atoms with Crippen molar-refractivity contribution in [1.82, 2.24) is 19.9 Å². The number of aromatic nitrogens is 4. The minimum absolute atomic E-state index is 0.107. The summed E-state index contributed by atoms with van der Waals surface area (Å²) in [4.78, 5) is 18.4. The van der Waals surface area contributed by atoms with Crippen molar-refractivity contribution in [1.29, 1.82) is 0 Å². The van der Waals surface area contributed by atoms with Crippen LogP contribution in [0.1, 0.15) is 49.2 Å². The van der Waals surface area contributed by atoms with Crippen molar-refractivity contribution in [3.63, 3.8) is 0 Å². The lowest BCUT2D eigenvalue weighted by molar-refractivity contribution is -0.274. The van der Waals surface area contributed by atoms with E-state index in [1.54, 1.807) is 20.0 Å². The SMILES string of the molecule is Cc1nc(NC(C)c2ccc(OC(F)(F)F)cc2)nc(NC2(O)CCC(CCO)C2O)c1-c1nc2c(C)nccc2s1. The van der Waals surface area contributed by atoms with Gasteiger partial charge < -0.3 is 30.7 Å². The molecule has 224 valence electrons. The first kappa shape index (κ1) is 29.9. The molecule has 0 spiro atoms. The average molecular weight is 605 g/mol. The van der Waals surface area contributed by atoms with Crippen LogP contribution in [0.15, 0.2) is 36.5 Å². The van der Waals surface area contributed by atoms with Crippen LogP contribution in [-0.2, 0) is 0 Å². The molecule has 5 N–H and O–H groups in total. The quantitative estimate of drug-likeness (QED) is 0.164. The Labute approximate surface area is 243 Å². The van der Waals surface area contributed by atoms with E-state index in [1.165, 1.54) is 35.6 Å². The van der Waals surface area contributed by atoms with E-state index < -0.39 is 24.2 Å². The highest BCUT2D eigenvalue weighted by Gasteiger charge is 2.47. The second-order valence-electron chi connectivity index (χ2n) is 10.4. The summed E-state index contributed by atoms with van der Waals surface area (Å²) in [6.45, 7) is 5.34. The Hall–Kier alpha value is -3.59. The van der Waals surface area contributed by atoms with Gasteiger partial charge in [0.15, 0.2) is 5.72 Å². The number of fused-ring (bicyclic) bond motifs is 1. The number of alkyl halides is 3. The molecule has 0 amide bonds. The maximum Gasteiger partial charge on any atom is 0.573 e. The molecule has 0 radical (unpaired) electrons. The number of nitrogens with zero attached hydrogens (tertiary/aromatic N) is 4. The van der Waals surface area contributed by atoms with Crippen LogP contribution in [-0.4, -0.2) is 60.1 Å². The molecule has 0 bridgehead atoms. The van der Waals surface area contributed by atoms with Crippen molar-refractivity contribution in [2.45, 2.75) is 64.3 Å². The lowest BCUT2D eigenvalue weighted by Gasteiger charge is -2.31. The standard InChI is InChI=1S/C28H31F3N6O4S/c1-14(17-4-6-19(7-5-17)41-28(29,30)31)33-26-34-15(2)21(25-35-22-16(3)32-12-9-20(22)42-25)24(36-26)37-27(40)11-8-18(10-13-38)23(27)39/h4-7,9,12,14,18,23,38-40H,8,10-11,13H2,1-3H3,(H2,33,34,36,37). The summed E-state index contributed by atoms with van der Waals surface area (Å²) in [6, 6.07) is 6.93. The summed E-state index contributed by atoms with van der Waals surface area (Å²) < 4.78 is 42.5. The van der Waals surface area contributed by atoms with Crippen molar-refractivity contribution in [3.05, 3.63) is 53.5 Å². The number of nitrogens with one attached hydrogen (secondary N) is 2. The number of halogens is 3. The fraction of sp³-hybridized carbons (Fsp3) is 0.429. The molecule has 1 saturated carbocycles. The predicted molar refractivity (Wildman–Crippen MR) is 152 cm³/mol. The summed E-state index contributed by atoms with van der Waals surface area (Å²) in [7, 11) is 0. The van der Waals surface area contributed by atoms with Gasteiger partial charge in [-0.15, -0.1) is 24.5 Å². The first-order chi connectivity index (χ1) is 19.9. The van der Waals surface area contributed by atoms with Crippen LogP contribution in [0.25, 0.3) is 20.8 Å². The van der Waals surface area contributed by atoms with E-state index in [1.807, 2.05) is 13.0 Å². The molecule has 4 aromatic rings. The van der Waals surface area contributed by atoms with E-state index in [-0.39, 0.29) is 36.5 Å². The molecule has 1 aliphatic rings. The number of aryl methyl sites for hydroxylation is 2. The second kappa shape index (κ2) is 11.6. The highest BCUT2D eigenvalue weighted by Crippen LogP contribution is 2.42. The molecule has 14 heteroatoms. The largest absolute Gasteiger partial charge is 0.573 e. The molecular weight excluding hydrogens is 573 g/mol. The van der Waals surface area contributed by atoms with E-state index in [0.717, 1.165) is 15.9 Å². The van der Waals surface area contributed by atoms with Gasteiger partial charge in [0.25, 0.3) is 0 Å². The summed E-state index contributed by atoms with van der Waals surface area (Å²) in [5.74, 6) is -0.173. The lowest BCUT2D eigenvalue weighted by Crippen LogP contribution is -2.47. The van der Waals surface area contributed by atoms with E-state index in [9.17, 15) is 28.5 Å². The predicted octanol–water partition coefficient (Wildman–Crippen LogP) is 5.09. The number of pyridine rings is 1. The molecule has 3 aromatic heterocycles. The molecule has 42 heavy (non-hydrogen) atoms. The Morgan fingerprint density at radius 1 is 1.12 bits per heavy atom. The van der Waals surface area contributed by atoms with Gasteiger partial charge in [0.1, 0.15) is 28.2 Å². The maximum absolute atomic E-state index is 12.5. The van der Waals surface area contributed by atoms with Crippen molar-refractivity contribution in [2.24, 2.45) is 5.92 Å². The van der Waals surface area contributed by atoms with Crippen LogP contribution in [0.3, 0.4) is 0 Å². The topological polar surface area (TPSA) is 146 Å². The molecule has 1 fully saturated rings. The number of thiazole rings is 1. The summed E-state index contributed by atoms with van der Waals surface area (Å²) in [5, 5.41) is 38.7. The smallest absolute Gasteiger partial charge is 0.406 e. The van der Waals surface area contributed by atoms with Crippen molar-refractivity contribution >= 4 is 33.3 Å². The Kier molecular flexibility index (Phi) is 8.25. The Morgan fingerprint density at radius 2 is 1.86 bits per heavy atom. The zero-order valence-corrected chi connectivity index (χ0v) is 23.9. The normalized spacial score (nSPS) is 21.5. The molecule has 10 nitrogen and oxygen atoms in total. The van der Waals surface area contributed by atoms with Crippen molar-refractivity contribution < 1.29 is 33.2 Å². The molecule has 4 unspecified atom stereocenters. The molecule has 5 rings (SSSR count). The highest BCUT2D eigenvalue weighted by atomic mass is 32.1. The first-order valence-corrected chi connectivity index (χ1v) is 14.2.